The van der Waals surface area contributed by atoms with Gasteiger partial charge in [-0.2, -0.15) is 25.3 Å². The average Bonchev–Trinajstić information content (AvgIpc) is 2.46. The molecule has 0 aliphatic rings. The van der Waals surface area contributed by atoms with Crippen LogP contribution in [0.25, 0.3) is 0 Å². The second kappa shape index (κ2) is 18.7. The first-order valence-corrected chi connectivity index (χ1v) is 10.7. The molecule has 0 bridgehead atoms. The Labute approximate surface area is 146 Å². The topological polar surface area (TPSA) is 0 Å². The van der Waals surface area contributed by atoms with Crippen molar-refractivity contribution in [2.75, 3.05) is 0 Å². The van der Waals surface area contributed by atoms with E-state index in [-0.39, 0.29) is 4.58 Å². The van der Waals surface area contributed by atoms with E-state index in [0.717, 1.165) is 6.42 Å². The Bertz CT molecular complexity index is 180. The lowest BCUT2D eigenvalue weighted by molar-refractivity contribution is 0.528. The summed E-state index contributed by atoms with van der Waals surface area (Å²) >= 11 is 8.58. The first-order chi connectivity index (χ1) is 10.3. The van der Waals surface area contributed by atoms with Crippen LogP contribution in [0.15, 0.2) is 0 Å². The quantitative estimate of drug-likeness (QED) is 0.151. The highest BCUT2D eigenvalue weighted by atomic mass is 32.2. The van der Waals surface area contributed by atoms with Gasteiger partial charge in [0.1, 0.15) is 0 Å². The van der Waals surface area contributed by atoms with Crippen LogP contribution in [0.2, 0.25) is 0 Å². The molecule has 0 saturated heterocycles. The molecule has 0 aliphatic heterocycles. The van der Waals surface area contributed by atoms with Crippen molar-refractivity contribution in [1.82, 2.24) is 0 Å². The molecule has 0 aromatic rings. The molecule has 0 rings (SSSR count). The third-order valence-corrected chi connectivity index (χ3v) is 4.83. The zero-order valence-corrected chi connectivity index (χ0v) is 16.3. The number of thiol groups is 2. The second-order valence-corrected chi connectivity index (χ2v) is 8.23. The first-order valence-electron chi connectivity index (χ1n) is 9.63. The molecule has 0 atom stereocenters. The summed E-state index contributed by atoms with van der Waals surface area (Å²) in [6.07, 6.45) is 24.1. The Hall–Kier alpha value is 0.700. The van der Waals surface area contributed by atoms with Gasteiger partial charge < -0.3 is 0 Å². The third kappa shape index (κ3) is 20.7. The van der Waals surface area contributed by atoms with Gasteiger partial charge in [0.05, 0.1) is 0 Å². The molecule has 0 aromatic carbocycles. The van der Waals surface area contributed by atoms with Crippen molar-refractivity contribution in [1.29, 1.82) is 0 Å². The summed E-state index contributed by atoms with van der Waals surface area (Å²) in [5.41, 5.74) is 0. The summed E-state index contributed by atoms with van der Waals surface area (Å²) in [5, 5.41) is 0. The maximum absolute atomic E-state index is 4.29. The van der Waals surface area contributed by atoms with Gasteiger partial charge in [0.2, 0.25) is 0 Å². The minimum Gasteiger partial charge on any atom is -0.165 e. The molecule has 0 aromatic heterocycles. The molecule has 2 heteroatoms. The highest BCUT2D eigenvalue weighted by Gasteiger charge is 1.96. The molecule has 0 fully saturated rings. The average molecular weight is 333 g/mol. The van der Waals surface area contributed by atoms with Gasteiger partial charge in [0, 0.05) is 4.58 Å². The Balaban J connectivity index is 2.93. The SMILES string of the molecule is CCCCCCCCCCCCCCCCCCC(S)S. The van der Waals surface area contributed by atoms with Crippen LogP contribution >= 0.6 is 25.3 Å². The molecule has 0 aliphatic carbocycles. The fraction of sp³-hybridized carbons (Fsp3) is 1.00. The summed E-state index contributed by atoms with van der Waals surface area (Å²) in [6, 6.07) is 0. The Morgan fingerprint density at radius 2 is 0.762 bits per heavy atom. The molecule has 128 valence electrons. The molecule has 0 N–H and O–H groups in total. The Morgan fingerprint density at radius 3 is 1.05 bits per heavy atom. The van der Waals surface area contributed by atoms with Crippen LogP contribution < -0.4 is 0 Å². The van der Waals surface area contributed by atoms with E-state index in [1.54, 1.807) is 0 Å². The summed E-state index contributed by atoms with van der Waals surface area (Å²) in [7, 11) is 0. The van der Waals surface area contributed by atoms with E-state index in [9.17, 15) is 0 Å². The van der Waals surface area contributed by atoms with Gasteiger partial charge >= 0.3 is 0 Å². The van der Waals surface area contributed by atoms with Crippen LogP contribution in [0, 0.1) is 0 Å². The smallest absolute Gasteiger partial charge is 0.0442 e. The van der Waals surface area contributed by atoms with Gasteiger partial charge in [-0.3, -0.25) is 0 Å². The van der Waals surface area contributed by atoms with E-state index in [1.165, 1.54) is 103 Å². The lowest BCUT2D eigenvalue weighted by Crippen LogP contribution is -1.87. The highest BCUT2D eigenvalue weighted by Crippen LogP contribution is 2.15. The summed E-state index contributed by atoms with van der Waals surface area (Å²) < 4.78 is 0.289. The van der Waals surface area contributed by atoms with Crippen LogP contribution in [0.1, 0.15) is 116 Å². The van der Waals surface area contributed by atoms with E-state index < -0.39 is 0 Å². The van der Waals surface area contributed by atoms with Crippen molar-refractivity contribution < 1.29 is 0 Å². The van der Waals surface area contributed by atoms with Crippen LogP contribution in [0.5, 0.6) is 0 Å². The van der Waals surface area contributed by atoms with Crippen molar-refractivity contribution >= 4 is 25.3 Å². The molecule has 0 unspecified atom stereocenters. The van der Waals surface area contributed by atoms with Crippen LogP contribution in [0.3, 0.4) is 0 Å². The standard InChI is InChI=1S/C19H40S2/c1-2-3-4-5-6-7-8-9-10-11-12-13-14-15-16-17-18-19(20)21/h19-21H,2-18H2,1H3. The highest BCUT2D eigenvalue weighted by molar-refractivity contribution is 7.99. The molecule has 0 heterocycles. The number of unbranched alkanes of at least 4 members (excludes halogenated alkanes) is 15. The molecule has 0 saturated carbocycles. The molecule has 0 nitrogen and oxygen atoms in total. The second-order valence-electron chi connectivity index (χ2n) is 6.57. The van der Waals surface area contributed by atoms with Gasteiger partial charge in [-0.1, -0.05) is 110 Å². The zero-order valence-electron chi connectivity index (χ0n) is 14.5. The summed E-state index contributed by atoms with van der Waals surface area (Å²) in [4.78, 5) is 0. The first kappa shape index (κ1) is 21.7. The lowest BCUT2D eigenvalue weighted by atomic mass is 10.0. The normalized spacial score (nSPS) is 11.4. The molecular weight excluding hydrogens is 292 g/mol. The summed E-state index contributed by atoms with van der Waals surface area (Å²) in [6.45, 7) is 2.29. The zero-order chi connectivity index (χ0) is 15.6. The maximum atomic E-state index is 4.29. The van der Waals surface area contributed by atoms with Crippen molar-refractivity contribution in [3.8, 4) is 0 Å². The monoisotopic (exact) mass is 332 g/mol. The van der Waals surface area contributed by atoms with Crippen molar-refractivity contribution in [3.63, 3.8) is 0 Å². The number of hydrogen-bond acceptors (Lipinski definition) is 2. The number of rotatable bonds is 17. The van der Waals surface area contributed by atoms with Gasteiger partial charge in [0.25, 0.3) is 0 Å². The van der Waals surface area contributed by atoms with Gasteiger partial charge in [0.15, 0.2) is 0 Å². The molecule has 0 spiro atoms. The third-order valence-electron chi connectivity index (χ3n) is 4.32. The molecule has 0 radical (unpaired) electrons. The summed E-state index contributed by atoms with van der Waals surface area (Å²) in [5.74, 6) is 0. The van der Waals surface area contributed by atoms with Crippen LogP contribution in [-0.2, 0) is 0 Å². The van der Waals surface area contributed by atoms with E-state index in [4.69, 9.17) is 0 Å². The van der Waals surface area contributed by atoms with Crippen molar-refractivity contribution in [3.05, 3.63) is 0 Å². The fourth-order valence-electron chi connectivity index (χ4n) is 2.88. The van der Waals surface area contributed by atoms with Gasteiger partial charge in [-0.15, -0.1) is 0 Å². The molecular formula is C19H40S2. The van der Waals surface area contributed by atoms with Crippen molar-refractivity contribution in [2.45, 2.75) is 121 Å². The predicted octanol–water partition coefficient (Wildman–Crippen LogP) is 7.82. The van der Waals surface area contributed by atoms with Crippen LogP contribution in [0.4, 0.5) is 0 Å². The largest absolute Gasteiger partial charge is 0.165 e. The predicted molar refractivity (Wildman–Crippen MR) is 106 cm³/mol. The number of hydrogen-bond donors (Lipinski definition) is 2. The molecule has 0 amide bonds. The maximum Gasteiger partial charge on any atom is 0.0442 e. The van der Waals surface area contributed by atoms with E-state index in [2.05, 4.69) is 32.2 Å². The van der Waals surface area contributed by atoms with E-state index in [1.807, 2.05) is 0 Å². The lowest BCUT2D eigenvalue weighted by Gasteiger charge is -2.04. The van der Waals surface area contributed by atoms with E-state index in [0.29, 0.717) is 0 Å². The van der Waals surface area contributed by atoms with E-state index >= 15 is 0 Å². The minimum absolute atomic E-state index is 0.289. The molecule has 21 heavy (non-hydrogen) atoms. The van der Waals surface area contributed by atoms with Crippen molar-refractivity contribution in [2.24, 2.45) is 0 Å². The van der Waals surface area contributed by atoms with Gasteiger partial charge in [-0.05, 0) is 6.42 Å². The fourth-order valence-corrected chi connectivity index (χ4v) is 3.24. The Kier molecular flexibility index (Phi) is 19.4. The Morgan fingerprint density at radius 1 is 0.476 bits per heavy atom. The van der Waals surface area contributed by atoms with Gasteiger partial charge in [-0.25, -0.2) is 0 Å². The minimum atomic E-state index is 0.289. The van der Waals surface area contributed by atoms with Crippen LogP contribution in [-0.4, -0.2) is 4.58 Å².